The molecule has 1 aromatic heterocycles. The molecule has 0 unspecified atom stereocenters. The summed E-state index contributed by atoms with van der Waals surface area (Å²) < 4.78 is 34.5. The number of aromatic nitrogens is 1. The zero-order valence-electron chi connectivity index (χ0n) is 17.7. The molecule has 0 atom stereocenters. The Hall–Kier alpha value is -3.21. The van der Waals surface area contributed by atoms with Crippen molar-refractivity contribution in [3.8, 4) is 0 Å². The topological polar surface area (TPSA) is 92.5 Å². The summed E-state index contributed by atoms with van der Waals surface area (Å²) >= 11 is 1.69. The predicted molar refractivity (Wildman–Crippen MR) is 124 cm³/mol. The van der Waals surface area contributed by atoms with Gasteiger partial charge < -0.3 is 21.1 Å². The van der Waals surface area contributed by atoms with Crippen LogP contribution in [0.4, 0.5) is 26.0 Å². The van der Waals surface area contributed by atoms with E-state index in [-0.39, 0.29) is 12.1 Å². The van der Waals surface area contributed by atoms with E-state index in [1.807, 2.05) is 24.3 Å². The molecule has 0 spiro atoms. The van der Waals surface area contributed by atoms with Crippen molar-refractivity contribution in [2.45, 2.75) is 11.4 Å². The molecule has 1 amide bonds. The van der Waals surface area contributed by atoms with E-state index in [2.05, 4.69) is 19.9 Å². The molecule has 0 bridgehead atoms. The minimum atomic E-state index is -0.672. The number of hydrogen-bond donors (Lipinski definition) is 3. The largest absolute Gasteiger partial charge is 0.380 e. The molecule has 4 rings (SSSR count). The Labute approximate surface area is 194 Å². The third kappa shape index (κ3) is 6.41. The van der Waals surface area contributed by atoms with Crippen molar-refractivity contribution in [1.82, 2.24) is 9.29 Å². The smallest absolute Gasteiger partial charge is 0.252 e. The Kier molecular flexibility index (Phi) is 7.38. The number of carbonyl (C=O) groups excluding carboxylic acids is 1. The van der Waals surface area contributed by atoms with Crippen molar-refractivity contribution in [2.75, 3.05) is 36.9 Å². The van der Waals surface area contributed by atoms with Crippen LogP contribution in [0.25, 0.3) is 0 Å². The first kappa shape index (κ1) is 23.0. The highest BCUT2D eigenvalue weighted by atomic mass is 32.2. The second kappa shape index (κ2) is 10.6. The lowest BCUT2D eigenvalue weighted by Crippen LogP contribution is -2.30. The molecule has 1 saturated heterocycles. The number of morpholine rings is 1. The van der Waals surface area contributed by atoms with Gasteiger partial charge in [-0.25, -0.2) is 18.1 Å². The Morgan fingerprint density at radius 1 is 1.09 bits per heavy atom. The van der Waals surface area contributed by atoms with Gasteiger partial charge >= 0.3 is 0 Å². The third-order valence-corrected chi connectivity index (χ3v) is 6.01. The molecule has 2 aromatic carbocycles. The number of carbonyl (C=O) groups is 1. The summed E-state index contributed by atoms with van der Waals surface area (Å²) in [4.78, 5) is 17.2. The number of nitrogens with one attached hydrogen (secondary N) is 2. The third-order valence-electron chi connectivity index (χ3n) is 4.91. The Bertz CT molecular complexity index is 1100. The number of anilines is 3. The van der Waals surface area contributed by atoms with Crippen molar-refractivity contribution in [3.05, 3.63) is 77.5 Å². The number of halogens is 2. The lowest BCUT2D eigenvalue weighted by Gasteiger charge is -2.25. The van der Waals surface area contributed by atoms with Crippen LogP contribution in [0.3, 0.4) is 0 Å². The van der Waals surface area contributed by atoms with Crippen LogP contribution in [0.2, 0.25) is 0 Å². The summed E-state index contributed by atoms with van der Waals surface area (Å²) in [5, 5.41) is 6.20. The van der Waals surface area contributed by atoms with E-state index in [9.17, 15) is 13.6 Å². The van der Waals surface area contributed by atoms with Crippen LogP contribution in [0, 0.1) is 11.6 Å². The monoisotopic (exact) mass is 471 g/mol. The lowest BCUT2D eigenvalue weighted by molar-refractivity contribution is 0.0773. The molecule has 33 heavy (non-hydrogen) atoms. The molecule has 0 saturated carbocycles. The van der Waals surface area contributed by atoms with Crippen molar-refractivity contribution in [1.29, 1.82) is 0 Å². The first-order valence-corrected chi connectivity index (χ1v) is 11.1. The molecule has 7 nitrogen and oxygen atoms in total. The second-order valence-electron chi connectivity index (χ2n) is 7.39. The molecular weight excluding hydrogens is 448 g/mol. The SMILES string of the molecule is NC(=O)c1cnc(Nc2ccc(SN3CCOCC3)cc2)cc1NCc1cc(F)cc(F)c1. The normalized spacial score (nSPS) is 14.1. The predicted octanol–water partition coefficient (Wildman–Crippen LogP) is 4.15. The molecule has 2 heterocycles. The van der Waals surface area contributed by atoms with Crippen molar-refractivity contribution in [2.24, 2.45) is 5.73 Å². The summed E-state index contributed by atoms with van der Waals surface area (Å²) in [5.41, 5.74) is 7.25. The van der Waals surface area contributed by atoms with Crippen molar-refractivity contribution < 1.29 is 18.3 Å². The summed E-state index contributed by atoms with van der Waals surface area (Å²) in [6.07, 6.45) is 1.36. The van der Waals surface area contributed by atoms with Crippen molar-refractivity contribution >= 4 is 35.0 Å². The van der Waals surface area contributed by atoms with Crippen LogP contribution in [-0.4, -0.2) is 41.5 Å². The Morgan fingerprint density at radius 3 is 2.45 bits per heavy atom. The maximum Gasteiger partial charge on any atom is 0.252 e. The van der Waals surface area contributed by atoms with Crippen LogP contribution in [0.1, 0.15) is 15.9 Å². The van der Waals surface area contributed by atoms with Gasteiger partial charge in [-0.1, -0.05) is 0 Å². The first-order chi connectivity index (χ1) is 16.0. The first-order valence-electron chi connectivity index (χ1n) is 10.3. The van der Waals surface area contributed by atoms with Gasteiger partial charge in [-0.05, 0) is 53.9 Å². The maximum atomic E-state index is 13.5. The number of nitrogens with two attached hydrogens (primary N) is 1. The minimum Gasteiger partial charge on any atom is -0.380 e. The zero-order valence-corrected chi connectivity index (χ0v) is 18.5. The quantitative estimate of drug-likeness (QED) is 0.425. The Morgan fingerprint density at radius 2 is 1.79 bits per heavy atom. The number of rotatable bonds is 8. The number of pyridine rings is 1. The zero-order chi connectivity index (χ0) is 23.2. The van der Waals surface area contributed by atoms with E-state index < -0.39 is 17.5 Å². The lowest BCUT2D eigenvalue weighted by atomic mass is 10.1. The van der Waals surface area contributed by atoms with Crippen LogP contribution >= 0.6 is 11.9 Å². The fourth-order valence-electron chi connectivity index (χ4n) is 3.31. The number of amides is 1. The van der Waals surface area contributed by atoms with E-state index in [1.165, 1.54) is 18.3 Å². The minimum absolute atomic E-state index is 0.103. The van der Waals surface area contributed by atoms with Gasteiger partial charge in [-0.15, -0.1) is 0 Å². The molecule has 4 N–H and O–H groups in total. The molecule has 0 radical (unpaired) electrons. The second-order valence-corrected chi connectivity index (χ2v) is 8.56. The summed E-state index contributed by atoms with van der Waals surface area (Å²) in [5.74, 6) is -1.52. The van der Waals surface area contributed by atoms with Crippen LogP contribution < -0.4 is 16.4 Å². The molecule has 0 aliphatic carbocycles. The highest BCUT2D eigenvalue weighted by Crippen LogP contribution is 2.27. The van der Waals surface area contributed by atoms with Crippen molar-refractivity contribution in [3.63, 3.8) is 0 Å². The van der Waals surface area contributed by atoms with Crippen LogP contribution in [-0.2, 0) is 11.3 Å². The molecule has 3 aromatic rings. The van der Waals surface area contributed by atoms with E-state index in [0.717, 1.165) is 43.0 Å². The van der Waals surface area contributed by atoms with Gasteiger partial charge in [0, 0.05) is 48.5 Å². The van der Waals surface area contributed by atoms with Gasteiger partial charge in [0.05, 0.1) is 24.5 Å². The summed E-state index contributed by atoms with van der Waals surface area (Å²) in [7, 11) is 0. The van der Waals surface area contributed by atoms with E-state index in [1.54, 1.807) is 18.0 Å². The summed E-state index contributed by atoms with van der Waals surface area (Å²) in [6.45, 7) is 3.36. The average Bonchev–Trinajstić information content (AvgIpc) is 2.79. The number of ether oxygens (including phenoxy) is 1. The fourth-order valence-corrected chi connectivity index (χ4v) is 4.20. The van der Waals surface area contributed by atoms with Crippen LogP contribution in [0.5, 0.6) is 0 Å². The fraction of sp³-hybridized carbons (Fsp3) is 0.217. The van der Waals surface area contributed by atoms with E-state index in [0.29, 0.717) is 17.1 Å². The number of benzene rings is 2. The van der Waals surface area contributed by atoms with E-state index >= 15 is 0 Å². The van der Waals surface area contributed by atoms with Gasteiger partial charge in [0.2, 0.25) is 0 Å². The van der Waals surface area contributed by atoms with E-state index in [4.69, 9.17) is 10.5 Å². The highest BCUT2D eigenvalue weighted by molar-refractivity contribution is 7.97. The molecule has 1 fully saturated rings. The number of primary amides is 1. The Balaban J connectivity index is 1.44. The highest BCUT2D eigenvalue weighted by Gasteiger charge is 2.13. The van der Waals surface area contributed by atoms with Gasteiger partial charge in [-0.2, -0.15) is 0 Å². The van der Waals surface area contributed by atoms with Gasteiger partial charge in [0.25, 0.3) is 5.91 Å². The standard InChI is InChI=1S/C23H23F2N5O2S/c24-16-9-15(10-17(25)11-16)13-27-21-12-22(28-14-20(21)23(26)31)29-18-1-3-19(4-2-18)33-30-5-7-32-8-6-30/h1-4,9-12,14H,5-8,13H2,(H2,26,31)(H2,27,28,29). The molecule has 1 aliphatic rings. The molecule has 1 aliphatic heterocycles. The van der Waals surface area contributed by atoms with Gasteiger partial charge in [0.1, 0.15) is 17.5 Å². The summed E-state index contributed by atoms with van der Waals surface area (Å²) in [6, 6.07) is 12.8. The molecule has 10 heteroatoms. The van der Waals surface area contributed by atoms with Gasteiger partial charge in [-0.3, -0.25) is 4.79 Å². The molecular formula is C23H23F2N5O2S. The molecule has 172 valence electrons. The number of nitrogens with zero attached hydrogens (tertiary/aromatic N) is 2. The maximum absolute atomic E-state index is 13.5. The van der Waals surface area contributed by atoms with Gasteiger partial charge in [0.15, 0.2) is 0 Å². The van der Waals surface area contributed by atoms with Crippen LogP contribution in [0.15, 0.2) is 59.6 Å². The number of hydrogen-bond acceptors (Lipinski definition) is 7. The average molecular weight is 472 g/mol.